The second-order valence-electron chi connectivity index (χ2n) is 7.02. The highest BCUT2D eigenvalue weighted by molar-refractivity contribution is 5.94. The van der Waals surface area contributed by atoms with Crippen LogP contribution in [0.5, 0.6) is 23.0 Å². The number of pyridine rings is 1. The number of carbonyl (C=O) groups is 1. The minimum Gasteiger partial charge on any atom is -0.496 e. The Morgan fingerprint density at radius 2 is 1.74 bits per heavy atom. The zero-order chi connectivity index (χ0) is 21.8. The lowest BCUT2D eigenvalue weighted by Gasteiger charge is -2.21. The molecule has 0 bridgehead atoms. The summed E-state index contributed by atoms with van der Waals surface area (Å²) in [5.74, 6) is 2.50. The van der Waals surface area contributed by atoms with E-state index in [2.05, 4.69) is 4.98 Å². The monoisotopic (exact) mass is 420 g/mol. The Morgan fingerprint density at radius 1 is 1.00 bits per heavy atom. The Labute approximate surface area is 181 Å². The van der Waals surface area contributed by atoms with Crippen LogP contribution < -0.4 is 18.9 Å². The fourth-order valence-corrected chi connectivity index (χ4v) is 3.76. The van der Waals surface area contributed by atoms with Gasteiger partial charge in [0.05, 0.1) is 39.0 Å². The van der Waals surface area contributed by atoms with Crippen molar-refractivity contribution >= 4 is 5.91 Å². The molecule has 7 heteroatoms. The van der Waals surface area contributed by atoms with Crippen molar-refractivity contribution in [1.82, 2.24) is 9.88 Å². The summed E-state index contributed by atoms with van der Waals surface area (Å²) < 4.78 is 22.8. The molecule has 1 aromatic heterocycles. The lowest BCUT2D eigenvalue weighted by molar-refractivity contribution is 0.0732. The molecule has 0 fully saturated rings. The van der Waals surface area contributed by atoms with Crippen LogP contribution in [0.1, 0.15) is 15.9 Å². The summed E-state index contributed by atoms with van der Waals surface area (Å²) in [6.07, 6.45) is 3.22. The van der Waals surface area contributed by atoms with Gasteiger partial charge in [-0.25, -0.2) is 0 Å². The molecule has 1 amide bonds. The van der Waals surface area contributed by atoms with Crippen molar-refractivity contribution in [1.29, 1.82) is 0 Å². The van der Waals surface area contributed by atoms with Crippen LogP contribution in [0.25, 0.3) is 11.1 Å². The number of nitrogens with zero attached hydrogens (tertiary/aromatic N) is 2. The second-order valence-corrected chi connectivity index (χ2v) is 7.02. The van der Waals surface area contributed by atoms with Crippen LogP contribution in [0.3, 0.4) is 0 Å². The van der Waals surface area contributed by atoms with E-state index in [0.717, 1.165) is 16.7 Å². The highest BCUT2D eigenvalue weighted by Gasteiger charge is 2.25. The molecule has 0 atom stereocenters. The topological polar surface area (TPSA) is 70.1 Å². The number of fused-ring (bicyclic) bond motifs is 1. The van der Waals surface area contributed by atoms with Crippen molar-refractivity contribution < 1.29 is 23.7 Å². The second kappa shape index (κ2) is 8.95. The Morgan fingerprint density at radius 3 is 2.39 bits per heavy atom. The number of rotatable bonds is 5. The SMILES string of the molecule is COc1cc(-c2c(OC)cccc2OC)cc2c1OCCN(C(=O)c1cccnc1)C2. The number of aromatic nitrogens is 1. The van der Waals surface area contributed by atoms with E-state index in [-0.39, 0.29) is 5.91 Å². The van der Waals surface area contributed by atoms with Crippen molar-refractivity contribution in [3.63, 3.8) is 0 Å². The molecule has 0 radical (unpaired) electrons. The van der Waals surface area contributed by atoms with Gasteiger partial charge in [0.1, 0.15) is 18.1 Å². The lowest BCUT2D eigenvalue weighted by atomic mass is 9.99. The maximum atomic E-state index is 13.0. The van der Waals surface area contributed by atoms with Crippen LogP contribution in [0.4, 0.5) is 0 Å². The zero-order valence-electron chi connectivity index (χ0n) is 17.8. The van der Waals surface area contributed by atoms with Crippen molar-refractivity contribution in [2.45, 2.75) is 6.54 Å². The first-order valence-corrected chi connectivity index (χ1v) is 9.90. The van der Waals surface area contributed by atoms with E-state index in [1.807, 2.05) is 30.3 Å². The average molecular weight is 420 g/mol. The van der Waals surface area contributed by atoms with Crippen LogP contribution in [0.15, 0.2) is 54.9 Å². The molecule has 0 aliphatic carbocycles. The van der Waals surface area contributed by atoms with Gasteiger partial charge in [-0.1, -0.05) is 6.07 Å². The van der Waals surface area contributed by atoms with E-state index < -0.39 is 0 Å². The predicted octanol–water partition coefficient (Wildman–Crippen LogP) is 3.81. The highest BCUT2D eigenvalue weighted by atomic mass is 16.5. The van der Waals surface area contributed by atoms with Gasteiger partial charge in [-0.2, -0.15) is 0 Å². The van der Waals surface area contributed by atoms with Crippen LogP contribution in [-0.2, 0) is 6.54 Å². The summed E-state index contributed by atoms with van der Waals surface area (Å²) >= 11 is 0. The molecule has 0 saturated heterocycles. The number of methoxy groups -OCH3 is 3. The number of ether oxygens (including phenoxy) is 4. The maximum Gasteiger partial charge on any atom is 0.255 e. The fraction of sp³-hybridized carbons (Fsp3) is 0.250. The third-order valence-electron chi connectivity index (χ3n) is 5.23. The Bertz CT molecular complexity index is 1060. The van der Waals surface area contributed by atoms with Crippen molar-refractivity contribution in [3.05, 3.63) is 66.0 Å². The van der Waals surface area contributed by atoms with E-state index >= 15 is 0 Å². The van der Waals surface area contributed by atoms with Gasteiger partial charge in [0, 0.05) is 24.5 Å². The molecule has 1 aliphatic rings. The summed E-state index contributed by atoms with van der Waals surface area (Å²) in [4.78, 5) is 18.8. The van der Waals surface area contributed by atoms with E-state index in [4.69, 9.17) is 18.9 Å². The van der Waals surface area contributed by atoms with Crippen molar-refractivity contribution in [3.8, 4) is 34.1 Å². The van der Waals surface area contributed by atoms with Crippen molar-refractivity contribution in [2.75, 3.05) is 34.5 Å². The quantitative estimate of drug-likeness (QED) is 0.625. The number of benzene rings is 2. The number of carbonyl (C=O) groups excluding carboxylic acids is 1. The highest BCUT2D eigenvalue weighted by Crippen LogP contribution is 2.44. The summed E-state index contributed by atoms with van der Waals surface area (Å²) in [5, 5.41) is 0. The van der Waals surface area contributed by atoms with Gasteiger partial charge in [0.2, 0.25) is 0 Å². The fourth-order valence-electron chi connectivity index (χ4n) is 3.76. The van der Waals surface area contributed by atoms with Gasteiger partial charge < -0.3 is 23.8 Å². The normalized spacial score (nSPS) is 12.9. The molecule has 2 aromatic carbocycles. The third-order valence-corrected chi connectivity index (χ3v) is 5.23. The standard InChI is InChI=1S/C24H24N2O5/c1-28-19-7-4-8-20(29-2)22(19)17-12-18-15-26(24(27)16-6-5-9-25-14-16)10-11-31-23(18)21(13-17)30-3/h4-9,12-14H,10-11,15H2,1-3H3. The molecule has 0 N–H and O–H groups in total. The number of hydrogen-bond donors (Lipinski definition) is 0. The maximum absolute atomic E-state index is 13.0. The zero-order valence-corrected chi connectivity index (χ0v) is 17.8. The molecular weight excluding hydrogens is 396 g/mol. The van der Waals surface area contributed by atoms with Crippen LogP contribution in [0, 0.1) is 0 Å². The van der Waals surface area contributed by atoms with Crippen LogP contribution in [0.2, 0.25) is 0 Å². The molecule has 7 nitrogen and oxygen atoms in total. The molecule has 1 aliphatic heterocycles. The molecule has 31 heavy (non-hydrogen) atoms. The molecular formula is C24H24N2O5. The summed E-state index contributed by atoms with van der Waals surface area (Å²) in [6, 6.07) is 13.0. The molecule has 0 spiro atoms. The summed E-state index contributed by atoms with van der Waals surface area (Å²) in [6.45, 7) is 1.20. The molecule has 160 valence electrons. The first-order valence-electron chi connectivity index (χ1n) is 9.90. The third kappa shape index (κ3) is 3.99. The molecule has 2 heterocycles. The Kier molecular flexibility index (Phi) is 5.93. The van der Waals surface area contributed by atoms with E-state index in [1.165, 1.54) is 0 Å². The molecule has 0 saturated carbocycles. The average Bonchev–Trinajstić information content (AvgIpc) is 3.05. The summed E-state index contributed by atoms with van der Waals surface area (Å²) in [7, 11) is 4.85. The van der Waals surface area contributed by atoms with Crippen LogP contribution >= 0.6 is 0 Å². The molecule has 0 unspecified atom stereocenters. The lowest BCUT2D eigenvalue weighted by Crippen LogP contribution is -2.32. The van der Waals surface area contributed by atoms with Gasteiger partial charge >= 0.3 is 0 Å². The van der Waals surface area contributed by atoms with E-state index in [9.17, 15) is 4.79 Å². The largest absolute Gasteiger partial charge is 0.496 e. The first-order chi connectivity index (χ1) is 15.2. The Hall–Kier alpha value is -3.74. The molecule has 4 rings (SSSR count). The smallest absolute Gasteiger partial charge is 0.255 e. The van der Waals surface area contributed by atoms with Gasteiger partial charge in [0.15, 0.2) is 11.5 Å². The van der Waals surface area contributed by atoms with Gasteiger partial charge in [-0.15, -0.1) is 0 Å². The summed E-state index contributed by atoms with van der Waals surface area (Å²) in [5.41, 5.74) is 3.05. The van der Waals surface area contributed by atoms with Crippen molar-refractivity contribution in [2.24, 2.45) is 0 Å². The minimum atomic E-state index is -0.0937. The Balaban J connectivity index is 1.79. The van der Waals surface area contributed by atoms with E-state index in [0.29, 0.717) is 48.3 Å². The van der Waals surface area contributed by atoms with Gasteiger partial charge in [0.25, 0.3) is 5.91 Å². The number of hydrogen-bond acceptors (Lipinski definition) is 6. The van der Waals surface area contributed by atoms with E-state index in [1.54, 1.807) is 50.8 Å². The predicted molar refractivity (Wildman–Crippen MR) is 116 cm³/mol. The van der Waals surface area contributed by atoms with Crippen LogP contribution in [-0.4, -0.2) is 50.3 Å². The van der Waals surface area contributed by atoms with Gasteiger partial charge in [-0.05, 0) is 42.0 Å². The first kappa shape index (κ1) is 20.5. The minimum absolute atomic E-state index is 0.0937. The number of amides is 1. The molecule has 3 aromatic rings. The van der Waals surface area contributed by atoms with Gasteiger partial charge in [-0.3, -0.25) is 9.78 Å².